The molecule has 3 unspecified atom stereocenters. The molecule has 4 rings (SSSR count). The molecule has 1 saturated heterocycles. The number of hydrogen-bond acceptors (Lipinski definition) is 4. The van der Waals surface area contributed by atoms with Gasteiger partial charge in [0.05, 0.1) is 11.3 Å². The summed E-state index contributed by atoms with van der Waals surface area (Å²) >= 11 is 0. The van der Waals surface area contributed by atoms with Crippen LogP contribution in [-0.2, 0) is 12.0 Å². The highest BCUT2D eigenvalue weighted by molar-refractivity contribution is 8.93. The molecular weight excluding hydrogens is 414 g/mol. The van der Waals surface area contributed by atoms with E-state index in [9.17, 15) is 5.11 Å². The van der Waals surface area contributed by atoms with Crippen molar-refractivity contribution in [1.29, 1.82) is 0 Å². The van der Waals surface area contributed by atoms with Crippen LogP contribution in [0.25, 0.3) is 0 Å². The molecule has 0 spiro atoms. The summed E-state index contributed by atoms with van der Waals surface area (Å²) in [6.07, 6.45) is 3.64. The van der Waals surface area contributed by atoms with Gasteiger partial charge in [-0.25, -0.2) is 4.99 Å². The number of halogens is 1. The van der Waals surface area contributed by atoms with E-state index in [4.69, 9.17) is 4.99 Å². The second-order valence-electron chi connectivity index (χ2n) is 7.91. The maximum Gasteiger partial charge on any atom is 0.103 e. The predicted octanol–water partition coefficient (Wildman–Crippen LogP) is 4.11. The largest absolute Gasteiger partial charge is 0.385 e. The summed E-state index contributed by atoms with van der Waals surface area (Å²) in [7, 11) is 0. The van der Waals surface area contributed by atoms with E-state index in [0.717, 1.165) is 55.9 Å². The number of aryl methyl sites for hydroxylation is 1. The third-order valence-corrected chi connectivity index (χ3v) is 5.95. The Bertz CT molecular complexity index is 811. The highest BCUT2D eigenvalue weighted by Gasteiger charge is 2.40. The molecule has 3 atom stereocenters. The molecule has 2 aliphatic rings. The number of aliphatic imine (C=N–C) groups is 1. The molecule has 0 radical (unpaired) electrons. The number of rotatable bonds is 4. The van der Waals surface area contributed by atoms with E-state index in [1.165, 1.54) is 5.56 Å². The molecule has 2 aliphatic heterocycles. The summed E-state index contributed by atoms with van der Waals surface area (Å²) in [4.78, 5) is 4.80. The van der Waals surface area contributed by atoms with Crippen LogP contribution in [0, 0.1) is 5.92 Å². The standard InChI is InChI=1S/C23H29N3O.BrH/c1-17(25-22-12-11-18-7-5-6-10-21(18)26-22)15-20-16-24-14-13-23(20,27)19-8-3-2-4-9-19;/h2-10,17,20,24,27H,11-16H2,1H3,(H,25,26);1H. The number of nitrogens with zero attached hydrogens (tertiary/aromatic N) is 1. The van der Waals surface area contributed by atoms with Gasteiger partial charge in [-0.1, -0.05) is 48.5 Å². The maximum absolute atomic E-state index is 11.5. The number of piperidine rings is 1. The van der Waals surface area contributed by atoms with Gasteiger partial charge in [0, 0.05) is 24.9 Å². The van der Waals surface area contributed by atoms with E-state index in [1.807, 2.05) is 24.3 Å². The zero-order valence-corrected chi connectivity index (χ0v) is 18.1. The summed E-state index contributed by atoms with van der Waals surface area (Å²) in [6, 6.07) is 18.8. The molecule has 0 aromatic heterocycles. The highest BCUT2D eigenvalue weighted by Crippen LogP contribution is 2.37. The third-order valence-electron chi connectivity index (χ3n) is 5.95. The number of hydrogen-bond donors (Lipinski definition) is 3. The molecule has 150 valence electrons. The first kappa shape index (κ1) is 21.0. The van der Waals surface area contributed by atoms with Gasteiger partial charge in [0.15, 0.2) is 0 Å². The smallest absolute Gasteiger partial charge is 0.103 e. The Morgan fingerprint density at radius 2 is 1.89 bits per heavy atom. The Morgan fingerprint density at radius 3 is 2.71 bits per heavy atom. The van der Waals surface area contributed by atoms with Crippen LogP contribution in [0.4, 0.5) is 5.69 Å². The Hall–Kier alpha value is -1.69. The van der Waals surface area contributed by atoms with Crippen LogP contribution in [-0.4, -0.2) is 30.1 Å². The van der Waals surface area contributed by atoms with Crippen LogP contribution in [0.15, 0.2) is 59.6 Å². The van der Waals surface area contributed by atoms with E-state index in [0.29, 0.717) is 0 Å². The monoisotopic (exact) mass is 443 g/mol. The number of amidine groups is 1. The molecule has 3 N–H and O–H groups in total. The van der Waals surface area contributed by atoms with E-state index < -0.39 is 5.60 Å². The van der Waals surface area contributed by atoms with Gasteiger partial charge in [-0.3, -0.25) is 0 Å². The van der Waals surface area contributed by atoms with Crippen LogP contribution in [0.2, 0.25) is 0 Å². The Balaban J connectivity index is 0.00000225. The SMILES string of the molecule is Br.CC(CC1CNCCC1(O)c1ccccc1)NC1=Nc2ccccc2CC1. The highest BCUT2D eigenvalue weighted by atomic mass is 79.9. The second kappa shape index (κ2) is 9.21. The molecule has 0 bridgehead atoms. The minimum atomic E-state index is -0.760. The van der Waals surface area contributed by atoms with Gasteiger partial charge in [0.25, 0.3) is 0 Å². The Kier molecular flexibility index (Phi) is 6.91. The molecule has 5 heteroatoms. The van der Waals surface area contributed by atoms with E-state index in [-0.39, 0.29) is 28.9 Å². The number of benzene rings is 2. The molecule has 2 aromatic rings. The fourth-order valence-corrected chi connectivity index (χ4v) is 4.47. The summed E-state index contributed by atoms with van der Waals surface area (Å²) in [5.74, 6) is 1.24. The molecule has 0 amide bonds. The van der Waals surface area contributed by atoms with Crippen molar-refractivity contribution in [3.8, 4) is 0 Å². The van der Waals surface area contributed by atoms with Crippen LogP contribution >= 0.6 is 17.0 Å². The number of aliphatic hydroxyl groups is 1. The average molecular weight is 444 g/mol. The van der Waals surface area contributed by atoms with Gasteiger partial charge >= 0.3 is 0 Å². The number of fused-ring (bicyclic) bond motifs is 1. The minimum Gasteiger partial charge on any atom is -0.385 e. The van der Waals surface area contributed by atoms with E-state index in [2.05, 4.69) is 47.9 Å². The lowest BCUT2D eigenvalue weighted by molar-refractivity contribution is -0.0518. The van der Waals surface area contributed by atoms with Gasteiger partial charge in [-0.05, 0) is 49.9 Å². The Labute approximate surface area is 178 Å². The normalized spacial score (nSPS) is 25.1. The molecule has 0 saturated carbocycles. The Morgan fingerprint density at radius 1 is 1.14 bits per heavy atom. The van der Waals surface area contributed by atoms with E-state index in [1.54, 1.807) is 0 Å². The van der Waals surface area contributed by atoms with Gasteiger partial charge in [0.2, 0.25) is 0 Å². The third kappa shape index (κ3) is 4.48. The second-order valence-corrected chi connectivity index (χ2v) is 7.91. The van der Waals surface area contributed by atoms with Gasteiger partial charge < -0.3 is 15.7 Å². The van der Waals surface area contributed by atoms with Gasteiger partial charge in [-0.2, -0.15) is 0 Å². The molecular formula is C23H30BrN3O. The van der Waals surface area contributed by atoms with Crippen molar-refractivity contribution in [3.05, 3.63) is 65.7 Å². The first-order valence-corrected chi connectivity index (χ1v) is 10.1. The molecule has 0 aliphatic carbocycles. The summed E-state index contributed by atoms with van der Waals surface area (Å²) < 4.78 is 0. The van der Waals surface area contributed by atoms with Crippen molar-refractivity contribution in [2.24, 2.45) is 10.9 Å². The quantitative estimate of drug-likeness (QED) is 0.666. The first-order valence-electron chi connectivity index (χ1n) is 10.1. The zero-order chi connectivity index (χ0) is 18.7. The number of nitrogens with one attached hydrogen (secondary N) is 2. The zero-order valence-electron chi connectivity index (χ0n) is 16.4. The molecule has 1 fully saturated rings. The lowest BCUT2D eigenvalue weighted by atomic mass is 9.74. The molecule has 2 aromatic carbocycles. The fraction of sp³-hybridized carbons (Fsp3) is 0.435. The van der Waals surface area contributed by atoms with Crippen LogP contribution in [0.1, 0.15) is 37.3 Å². The average Bonchev–Trinajstić information content (AvgIpc) is 2.70. The predicted molar refractivity (Wildman–Crippen MR) is 121 cm³/mol. The van der Waals surface area contributed by atoms with Crippen molar-refractivity contribution in [1.82, 2.24) is 10.6 Å². The summed E-state index contributed by atoms with van der Waals surface area (Å²) in [5.41, 5.74) is 2.68. The minimum absolute atomic E-state index is 0. The van der Waals surface area contributed by atoms with Gasteiger partial charge in [-0.15, -0.1) is 17.0 Å². The lowest BCUT2D eigenvalue weighted by Crippen LogP contribution is -2.50. The summed E-state index contributed by atoms with van der Waals surface area (Å²) in [5, 5.41) is 18.6. The van der Waals surface area contributed by atoms with Crippen LogP contribution in [0.5, 0.6) is 0 Å². The van der Waals surface area contributed by atoms with Crippen molar-refractivity contribution in [3.63, 3.8) is 0 Å². The molecule has 28 heavy (non-hydrogen) atoms. The lowest BCUT2D eigenvalue weighted by Gasteiger charge is -2.42. The van der Waals surface area contributed by atoms with Crippen molar-refractivity contribution in [2.45, 2.75) is 44.2 Å². The molecule has 2 heterocycles. The van der Waals surface area contributed by atoms with E-state index >= 15 is 0 Å². The van der Waals surface area contributed by atoms with Crippen LogP contribution < -0.4 is 10.6 Å². The fourth-order valence-electron chi connectivity index (χ4n) is 4.47. The van der Waals surface area contributed by atoms with Crippen molar-refractivity contribution < 1.29 is 5.11 Å². The summed E-state index contributed by atoms with van der Waals surface area (Å²) in [6.45, 7) is 3.89. The first-order chi connectivity index (χ1) is 13.1. The van der Waals surface area contributed by atoms with Gasteiger partial charge in [0.1, 0.15) is 5.84 Å². The van der Waals surface area contributed by atoms with Crippen molar-refractivity contribution >= 4 is 28.5 Å². The topological polar surface area (TPSA) is 56.6 Å². The molecule has 4 nitrogen and oxygen atoms in total. The van der Waals surface area contributed by atoms with Crippen molar-refractivity contribution in [2.75, 3.05) is 13.1 Å². The number of para-hydroxylation sites is 1. The maximum atomic E-state index is 11.5. The van der Waals surface area contributed by atoms with Crippen LogP contribution in [0.3, 0.4) is 0 Å².